The number of benzene rings is 2. The molecule has 0 unspecified atom stereocenters. The summed E-state index contributed by atoms with van der Waals surface area (Å²) in [6.45, 7) is 5.44. The molecule has 156 valence electrons. The van der Waals surface area contributed by atoms with E-state index in [4.69, 9.17) is 9.72 Å². The predicted octanol–water partition coefficient (Wildman–Crippen LogP) is 4.80. The molecule has 0 spiro atoms. The molecule has 3 aromatic rings. The van der Waals surface area contributed by atoms with Gasteiger partial charge < -0.3 is 15.4 Å². The van der Waals surface area contributed by atoms with Gasteiger partial charge in [-0.2, -0.15) is 0 Å². The molecule has 2 aromatic carbocycles. The van der Waals surface area contributed by atoms with Crippen molar-refractivity contribution in [3.8, 4) is 5.75 Å². The van der Waals surface area contributed by atoms with Crippen molar-refractivity contribution >= 4 is 45.9 Å². The largest absolute Gasteiger partial charge is 0.497 e. The van der Waals surface area contributed by atoms with Crippen LogP contribution in [0.15, 0.2) is 47.5 Å². The number of carbonyl (C=O) groups excluding carboxylic acids is 2. The fourth-order valence-corrected chi connectivity index (χ4v) is 3.92. The van der Waals surface area contributed by atoms with Crippen molar-refractivity contribution < 1.29 is 14.3 Å². The molecule has 0 aliphatic heterocycles. The van der Waals surface area contributed by atoms with Crippen molar-refractivity contribution in [2.45, 2.75) is 32.2 Å². The number of ether oxygens (including phenoxy) is 1. The van der Waals surface area contributed by atoms with Gasteiger partial charge in [0.05, 0.1) is 18.4 Å². The minimum absolute atomic E-state index is 0.132. The lowest BCUT2D eigenvalue weighted by Gasteiger charge is -2.12. The minimum atomic E-state index is -0.150. The third-order valence-electron chi connectivity index (χ3n) is 4.62. The summed E-state index contributed by atoms with van der Waals surface area (Å²) in [5, 5.41) is 7.55. The maximum Gasteiger partial charge on any atom is 0.234 e. The minimum Gasteiger partial charge on any atom is -0.497 e. The number of fused-ring (bicyclic) bond motifs is 1. The van der Waals surface area contributed by atoms with E-state index >= 15 is 0 Å². The summed E-state index contributed by atoms with van der Waals surface area (Å²) >= 11 is 1.41. The van der Waals surface area contributed by atoms with Gasteiger partial charge in [0.1, 0.15) is 10.8 Å². The van der Waals surface area contributed by atoms with Gasteiger partial charge in [-0.05, 0) is 54.8 Å². The summed E-state index contributed by atoms with van der Waals surface area (Å²) in [4.78, 5) is 28.6. The smallest absolute Gasteiger partial charge is 0.234 e. The normalized spacial score (nSPS) is 10.7. The van der Waals surface area contributed by atoms with Crippen LogP contribution in [0.5, 0.6) is 5.75 Å². The quantitative estimate of drug-likeness (QED) is 0.534. The molecule has 1 aromatic heterocycles. The zero-order chi connectivity index (χ0) is 21.7. The first-order chi connectivity index (χ1) is 14.4. The third-order valence-corrected chi connectivity index (χ3v) is 5.65. The predicted molar refractivity (Wildman–Crippen MR) is 123 cm³/mol. The van der Waals surface area contributed by atoms with Crippen LogP contribution in [0.2, 0.25) is 0 Å². The number of nitrogens with zero attached hydrogens (tertiary/aromatic N) is 1. The highest BCUT2D eigenvalue weighted by atomic mass is 32.2. The molecule has 0 aliphatic rings. The molecular weight excluding hydrogens is 398 g/mol. The van der Waals surface area contributed by atoms with Crippen LogP contribution in [0, 0.1) is 6.92 Å². The Kier molecular flexibility index (Phi) is 6.95. The maximum atomic E-state index is 12.5. The van der Waals surface area contributed by atoms with Crippen LogP contribution in [0.4, 0.5) is 11.4 Å². The highest BCUT2D eigenvalue weighted by Crippen LogP contribution is 2.28. The standard InChI is InChI=1S/C23H25N3O3S/c1-5-16-10-17-7-9-19(29-4)12-21(17)26-23(16)30-13-22(28)25-18-8-6-14(2)20(11-18)24-15(3)27/h6-12H,5,13H2,1-4H3,(H,24,27)(H,25,28). The van der Waals surface area contributed by atoms with E-state index in [0.29, 0.717) is 11.4 Å². The van der Waals surface area contributed by atoms with Gasteiger partial charge in [0.15, 0.2) is 0 Å². The van der Waals surface area contributed by atoms with Crippen molar-refractivity contribution in [3.05, 3.63) is 53.6 Å². The monoisotopic (exact) mass is 423 g/mol. The van der Waals surface area contributed by atoms with E-state index in [-0.39, 0.29) is 17.6 Å². The Hall–Kier alpha value is -3.06. The van der Waals surface area contributed by atoms with Gasteiger partial charge in [0.2, 0.25) is 11.8 Å². The summed E-state index contributed by atoms with van der Waals surface area (Å²) in [5.41, 5.74) is 4.20. The van der Waals surface area contributed by atoms with Crippen LogP contribution in [0.1, 0.15) is 25.0 Å². The lowest BCUT2D eigenvalue weighted by Crippen LogP contribution is -2.15. The van der Waals surface area contributed by atoms with Gasteiger partial charge in [-0.3, -0.25) is 9.59 Å². The average molecular weight is 424 g/mol. The molecule has 3 rings (SSSR count). The molecule has 0 atom stereocenters. The van der Waals surface area contributed by atoms with Gasteiger partial charge in [-0.1, -0.05) is 24.8 Å². The third kappa shape index (κ3) is 5.30. The van der Waals surface area contributed by atoms with Gasteiger partial charge >= 0.3 is 0 Å². The van der Waals surface area contributed by atoms with Crippen LogP contribution in [-0.2, 0) is 16.0 Å². The fraction of sp³-hybridized carbons (Fsp3) is 0.261. The van der Waals surface area contributed by atoms with Crippen LogP contribution < -0.4 is 15.4 Å². The number of aryl methyl sites for hydroxylation is 2. The van der Waals surface area contributed by atoms with E-state index in [1.807, 2.05) is 37.3 Å². The highest BCUT2D eigenvalue weighted by Gasteiger charge is 2.11. The van der Waals surface area contributed by atoms with E-state index in [9.17, 15) is 9.59 Å². The van der Waals surface area contributed by atoms with Crippen molar-refractivity contribution in [3.63, 3.8) is 0 Å². The van der Waals surface area contributed by atoms with Crippen molar-refractivity contribution in [2.75, 3.05) is 23.5 Å². The average Bonchev–Trinajstić information content (AvgIpc) is 2.73. The van der Waals surface area contributed by atoms with E-state index in [1.165, 1.54) is 18.7 Å². The van der Waals surface area contributed by atoms with Crippen LogP contribution in [0.25, 0.3) is 10.9 Å². The Bertz CT molecular complexity index is 1100. The molecule has 0 aliphatic carbocycles. The molecule has 1 heterocycles. The number of hydrogen-bond donors (Lipinski definition) is 2. The first-order valence-corrected chi connectivity index (χ1v) is 10.7. The van der Waals surface area contributed by atoms with E-state index in [0.717, 1.165) is 39.2 Å². The zero-order valence-corrected chi connectivity index (χ0v) is 18.4. The lowest BCUT2D eigenvalue weighted by atomic mass is 10.1. The SMILES string of the molecule is CCc1cc2ccc(OC)cc2nc1SCC(=O)Nc1ccc(C)c(NC(C)=O)c1. The van der Waals surface area contributed by atoms with E-state index in [2.05, 4.69) is 23.6 Å². The number of aromatic nitrogens is 1. The fourth-order valence-electron chi connectivity index (χ4n) is 3.03. The van der Waals surface area contributed by atoms with Crippen molar-refractivity contribution in [1.29, 1.82) is 0 Å². The van der Waals surface area contributed by atoms with Crippen molar-refractivity contribution in [1.82, 2.24) is 4.98 Å². The highest BCUT2D eigenvalue weighted by molar-refractivity contribution is 8.00. The van der Waals surface area contributed by atoms with Gasteiger partial charge in [-0.15, -0.1) is 0 Å². The summed E-state index contributed by atoms with van der Waals surface area (Å²) in [5.74, 6) is 0.705. The number of methoxy groups -OCH3 is 1. The van der Waals surface area contributed by atoms with Gasteiger partial charge in [-0.25, -0.2) is 4.98 Å². The number of nitrogens with one attached hydrogen (secondary N) is 2. The summed E-state index contributed by atoms with van der Waals surface area (Å²) < 4.78 is 5.29. The Morgan fingerprint density at radius 1 is 1.10 bits per heavy atom. The number of anilines is 2. The topological polar surface area (TPSA) is 80.3 Å². The molecule has 0 saturated heterocycles. The molecule has 2 N–H and O–H groups in total. The van der Waals surface area contributed by atoms with Gasteiger partial charge in [0, 0.05) is 29.8 Å². The molecule has 0 bridgehead atoms. The second-order valence-corrected chi connectivity index (χ2v) is 7.88. The zero-order valence-electron chi connectivity index (χ0n) is 17.5. The van der Waals surface area contributed by atoms with E-state index < -0.39 is 0 Å². The van der Waals surface area contributed by atoms with Crippen LogP contribution in [0.3, 0.4) is 0 Å². The Morgan fingerprint density at radius 3 is 2.60 bits per heavy atom. The van der Waals surface area contributed by atoms with Crippen LogP contribution in [-0.4, -0.2) is 29.7 Å². The Morgan fingerprint density at radius 2 is 1.90 bits per heavy atom. The molecule has 0 radical (unpaired) electrons. The maximum absolute atomic E-state index is 12.5. The number of pyridine rings is 1. The first kappa shape index (κ1) is 21.6. The molecular formula is C23H25N3O3S. The summed E-state index contributed by atoms with van der Waals surface area (Å²) in [7, 11) is 1.63. The molecule has 2 amide bonds. The number of rotatable bonds is 7. The van der Waals surface area contributed by atoms with Crippen molar-refractivity contribution in [2.24, 2.45) is 0 Å². The van der Waals surface area contributed by atoms with Gasteiger partial charge in [0.25, 0.3) is 0 Å². The van der Waals surface area contributed by atoms with Crippen LogP contribution >= 0.6 is 11.8 Å². The molecule has 0 saturated carbocycles. The number of carbonyl (C=O) groups is 2. The molecule has 7 heteroatoms. The number of hydrogen-bond acceptors (Lipinski definition) is 5. The number of amides is 2. The summed E-state index contributed by atoms with van der Waals surface area (Å²) in [6, 6.07) is 13.4. The molecule has 0 fully saturated rings. The number of thioether (sulfide) groups is 1. The summed E-state index contributed by atoms with van der Waals surface area (Å²) in [6.07, 6.45) is 0.830. The molecule has 6 nitrogen and oxygen atoms in total. The molecule has 30 heavy (non-hydrogen) atoms. The first-order valence-electron chi connectivity index (χ1n) is 9.68. The Balaban J connectivity index is 1.72. The Labute approximate surface area is 180 Å². The van der Waals surface area contributed by atoms with E-state index in [1.54, 1.807) is 13.2 Å². The lowest BCUT2D eigenvalue weighted by molar-refractivity contribution is -0.114. The second kappa shape index (κ2) is 9.63. The second-order valence-electron chi connectivity index (χ2n) is 6.91.